The molecule has 0 fully saturated rings. The molecule has 4 nitrogen and oxygen atoms in total. The van der Waals surface area contributed by atoms with Gasteiger partial charge in [0.1, 0.15) is 0 Å². The predicted molar refractivity (Wildman–Crippen MR) is 43.0 cm³/mol. The molecule has 1 N–H and O–H groups in total. The SMILES string of the molecule is COC(=O)CC(CCF)CC(=O)O. The van der Waals surface area contributed by atoms with Crippen molar-refractivity contribution in [3.05, 3.63) is 0 Å². The second kappa shape index (κ2) is 6.39. The van der Waals surface area contributed by atoms with Gasteiger partial charge in [-0.15, -0.1) is 0 Å². The third-order valence-electron chi connectivity index (χ3n) is 1.66. The van der Waals surface area contributed by atoms with Gasteiger partial charge in [0.25, 0.3) is 0 Å². The van der Waals surface area contributed by atoms with Crippen LogP contribution in [-0.4, -0.2) is 30.8 Å². The van der Waals surface area contributed by atoms with Crippen LogP contribution >= 0.6 is 0 Å². The van der Waals surface area contributed by atoms with Gasteiger partial charge in [-0.2, -0.15) is 0 Å². The van der Waals surface area contributed by atoms with Crippen molar-refractivity contribution in [3.8, 4) is 0 Å². The van der Waals surface area contributed by atoms with Crippen LogP contribution < -0.4 is 0 Å². The number of alkyl halides is 1. The third kappa shape index (κ3) is 6.07. The molecule has 5 heteroatoms. The van der Waals surface area contributed by atoms with E-state index in [1.165, 1.54) is 7.11 Å². The number of aliphatic carboxylic acids is 1. The van der Waals surface area contributed by atoms with E-state index in [0.717, 1.165) is 0 Å². The highest BCUT2D eigenvalue weighted by molar-refractivity contribution is 5.72. The molecule has 0 aromatic heterocycles. The molecule has 0 saturated heterocycles. The number of esters is 1. The third-order valence-corrected chi connectivity index (χ3v) is 1.66. The lowest BCUT2D eigenvalue weighted by Crippen LogP contribution is -2.14. The number of ether oxygens (including phenoxy) is 1. The molecule has 0 aromatic rings. The minimum absolute atomic E-state index is 0.0350. The smallest absolute Gasteiger partial charge is 0.305 e. The summed E-state index contributed by atoms with van der Waals surface area (Å²) in [6.45, 7) is -0.616. The first-order chi connectivity index (χ1) is 6.10. The highest BCUT2D eigenvalue weighted by atomic mass is 19.1. The Kier molecular flexibility index (Phi) is 5.84. The number of methoxy groups -OCH3 is 1. The average molecular weight is 192 g/mol. The van der Waals surface area contributed by atoms with Gasteiger partial charge in [-0.25, -0.2) is 0 Å². The number of carbonyl (C=O) groups excluding carboxylic acids is 1. The van der Waals surface area contributed by atoms with E-state index < -0.39 is 24.5 Å². The van der Waals surface area contributed by atoms with Crippen LogP contribution in [0.1, 0.15) is 19.3 Å². The van der Waals surface area contributed by atoms with E-state index in [1.54, 1.807) is 0 Å². The van der Waals surface area contributed by atoms with Crippen molar-refractivity contribution in [2.45, 2.75) is 19.3 Å². The van der Waals surface area contributed by atoms with Crippen molar-refractivity contribution in [1.29, 1.82) is 0 Å². The summed E-state index contributed by atoms with van der Waals surface area (Å²) in [5.74, 6) is -1.99. The molecule has 0 bridgehead atoms. The first kappa shape index (κ1) is 11.9. The van der Waals surface area contributed by atoms with Gasteiger partial charge in [0, 0.05) is 12.8 Å². The first-order valence-corrected chi connectivity index (χ1v) is 3.94. The standard InChI is InChI=1S/C8H13FO4/c1-13-8(12)5-6(2-3-9)4-7(10)11/h6H,2-5H2,1H3,(H,10,11). The van der Waals surface area contributed by atoms with Crippen LogP contribution in [0.5, 0.6) is 0 Å². The van der Waals surface area contributed by atoms with Gasteiger partial charge in [0.2, 0.25) is 0 Å². The molecule has 76 valence electrons. The minimum atomic E-state index is -1.03. The second-order valence-corrected chi connectivity index (χ2v) is 2.72. The highest BCUT2D eigenvalue weighted by Crippen LogP contribution is 2.14. The maximum absolute atomic E-state index is 11.9. The molecule has 1 unspecified atom stereocenters. The Balaban J connectivity index is 3.93. The van der Waals surface area contributed by atoms with Crippen molar-refractivity contribution in [2.75, 3.05) is 13.8 Å². The Morgan fingerprint density at radius 3 is 2.46 bits per heavy atom. The Morgan fingerprint density at radius 2 is 2.08 bits per heavy atom. The highest BCUT2D eigenvalue weighted by Gasteiger charge is 2.17. The Labute approximate surface area is 75.7 Å². The Bertz CT molecular complexity index is 181. The summed E-state index contributed by atoms with van der Waals surface area (Å²) in [4.78, 5) is 21.0. The molecule has 0 aliphatic heterocycles. The fourth-order valence-corrected chi connectivity index (χ4v) is 0.997. The van der Waals surface area contributed by atoms with Gasteiger partial charge in [-0.05, 0) is 12.3 Å². The molecule has 0 radical (unpaired) electrons. The van der Waals surface area contributed by atoms with Crippen LogP contribution in [0.15, 0.2) is 0 Å². The fourth-order valence-electron chi connectivity index (χ4n) is 0.997. The summed E-state index contributed by atoms with van der Waals surface area (Å²) < 4.78 is 16.3. The number of carboxylic acids is 1. The lowest BCUT2D eigenvalue weighted by molar-refractivity contribution is -0.143. The van der Waals surface area contributed by atoms with E-state index in [1.807, 2.05) is 0 Å². The van der Waals surface area contributed by atoms with Crippen LogP contribution in [0.4, 0.5) is 4.39 Å². The molecular formula is C8H13FO4. The lowest BCUT2D eigenvalue weighted by atomic mass is 9.98. The molecule has 0 heterocycles. The maximum Gasteiger partial charge on any atom is 0.305 e. The number of hydrogen-bond donors (Lipinski definition) is 1. The molecule has 0 amide bonds. The number of carbonyl (C=O) groups is 2. The Hall–Kier alpha value is -1.13. The first-order valence-electron chi connectivity index (χ1n) is 3.94. The van der Waals surface area contributed by atoms with Crippen molar-refractivity contribution in [1.82, 2.24) is 0 Å². The topological polar surface area (TPSA) is 63.6 Å². The molecule has 13 heavy (non-hydrogen) atoms. The molecule has 0 rings (SSSR count). The quantitative estimate of drug-likeness (QED) is 0.637. The summed E-state index contributed by atoms with van der Waals surface area (Å²) in [5, 5.41) is 8.42. The minimum Gasteiger partial charge on any atom is -0.481 e. The van der Waals surface area contributed by atoms with Crippen LogP contribution in [-0.2, 0) is 14.3 Å². The number of rotatable bonds is 6. The van der Waals surface area contributed by atoms with E-state index in [9.17, 15) is 14.0 Å². The maximum atomic E-state index is 11.9. The molecule has 0 aliphatic carbocycles. The zero-order chi connectivity index (χ0) is 10.3. The number of halogens is 1. The average Bonchev–Trinajstić information content (AvgIpc) is 2.03. The fraction of sp³-hybridized carbons (Fsp3) is 0.750. The van der Waals surface area contributed by atoms with E-state index in [4.69, 9.17) is 5.11 Å². The van der Waals surface area contributed by atoms with E-state index >= 15 is 0 Å². The zero-order valence-corrected chi connectivity index (χ0v) is 7.46. The van der Waals surface area contributed by atoms with Crippen molar-refractivity contribution < 1.29 is 23.8 Å². The van der Waals surface area contributed by atoms with E-state index in [0.29, 0.717) is 0 Å². The van der Waals surface area contributed by atoms with E-state index in [2.05, 4.69) is 4.74 Å². The van der Waals surface area contributed by atoms with Crippen LogP contribution in [0, 0.1) is 5.92 Å². The molecule has 0 spiro atoms. The summed E-state index contributed by atoms with van der Waals surface area (Å²) >= 11 is 0. The van der Waals surface area contributed by atoms with Gasteiger partial charge >= 0.3 is 11.9 Å². The van der Waals surface area contributed by atoms with Crippen molar-refractivity contribution in [3.63, 3.8) is 0 Å². The zero-order valence-electron chi connectivity index (χ0n) is 7.46. The molecule has 1 atom stereocenters. The molecule has 0 aliphatic rings. The summed E-state index contributed by atoms with van der Waals surface area (Å²) in [6.07, 6.45) is -0.146. The number of carboxylic acid groups (broad SMARTS) is 1. The second-order valence-electron chi connectivity index (χ2n) is 2.72. The van der Waals surface area contributed by atoms with Crippen LogP contribution in [0.25, 0.3) is 0 Å². The Morgan fingerprint density at radius 1 is 1.46 bits per heavy atom. The largest absolute Gasteiger partial charge is 0.481 e. The molecule has 0 saturated carbocycles. The lowest BCUT2D eigenvalue weighted by Gasteiger charge is -2.10. The van der Waals surface area contributed by atoms with Gasteiger partial charge in [0.15, 0.2) is 0 Å². The summed E-state index contributed by atoms with van der Waals surface area (Å²) in [6, 6.07) is 0. The normalized spacial score (nSPS) is 12.2. The molecule has 0 aromatic carbocycles. The molecular weight excluding hydrogens is 179 g/mol. The predicted octanol–water partition coefficient (Wildman–Crippen LogP) is 1.00. The summed E-state index contributed by atoms with van der Waals surface area (Å²) in [7, 11) is 1.22. The van der Waals surface area contributed by atoms with Crippen molar-refractivity contribution >= 4 is 11.9 Å². The van der Waals surface area contributed by atoms with Crippen LogP contribution in [0.3, 0.4) is 0 Å². The number of hydrogen-bond acceptors (Lipinski definition) is 3. The van der Waals surface area contributed by atoms with E-state index in [-0.39, 0.29) is 19.3 Å². The van der Waals surface area contributed by atoms with Crippen LogP contribution in [0.2, 0.25) is 0 Å². The van der Waals surface area contributed by atoms with Gasteiger partial charge in [0.05, 0.1) is 13.8 Å². The van der Waals surface area contributed by atoms with Gasteiger partial charge < -0.3 is 9.84 Å². The van der Waals surface area contributed by atoms with Gasteiger partial charge in [-0.1, -0.05) is 0 Å². The van der Waals surface area contributed by atoms with Gasteiger partial charge in [-0.3, -0.25) is 14.0 Å². The van der Waals surface area contributed by atoms with Crippen molar-refractivity contribution in [2.24, 2.45) is 5.92 Å². The summed E-state index contributed by atoms with van der Waals surface area (Å²) in [5.41, 5.74) is 0. The monoisotopic (exact) mass is 192 g/mol.